The van der Waals surface area contributed by atoms with Gasteiger partial charge in [0.1, 0.15) is 18.3 Å². The summed E-state index contributed by atoms with van der Waals surface area (Å²) in [7, 11) is -2.58. The molecule has 252 valence electrons. The van der Waals surface area contributed by atoms with Gasteiger partial charge in [0.2, 0.25) is 11.8 Å². The minimum Gasteiger partial charge on any atom is -0.497 e. The summed E-state index contributed by atoms with van der Waals surface area (Å²) in [6, 6.07) is 29.6. The van der Waals surface area contributed by atoms with E-state index in [0.29, 0.717) is 11.4 Å². The Morgan fingerprint density at radius 2 is 1.48 bits per heavy atom. The number of nitrogens with one attached hydrogen (secondary N) is 1. The molecule has 0 aliphatic heterocycles. The highest BCUT2D eigenvalue weighted by molar-refractivity contribution is 7.92. The topological polar surface area (TPSA) is 96.0 Å². The molecule has 0 aromatic heterocycles. The molecule has 48 heavy (non-hydrogen) atoms. The molecule has 5 rings (SSSR count). The Labute approximate surface area is 284 Å². The van der Waals surface area contributed by atoms with Gasteiger partial charge < -0.3 is 15.0 Å². The van der Waals surface area contributed by atoms with Crippen molar-refractivity contribution < 1.29 is 22.7 Å². The fourth-order valence-electron chi connectivity index (χ4n) is 6.19. The third-order valence-electron chi connectivity index (χ3n) is 9.10. The van der Waals surface area contributed by atoms with Crippen LogP contribution in [-0.2, 0) is 32.6 Å². The van der Waals surface area contributed by atoms with Crippen LogP contribution in [0.1, 0.15) is 54.4 Å². The van der Waals surface area contributed by atoms with Gasteiger partial charge in [0, 0.05) is 19.0 Å². The van der Waals surface area contributed by atoms with Crippen LogP contribution in [0.15, 0.2) is 108 Å². The van der Waals surface area contributed by atoms with Crippen LogP contribution < -0.4 is 14.4 Å². The van der Waals surface area contributed by atoms with Crippen LogP contribution in [0.2, 0.25) is 0 Å². The molecule has 1 aliphatic carbocycles. The van der Waals surface area contributed by atoms with Gasteiger partial charge in [-0.15, -0.1) is 0 Å². The number of anilines is 1. The molecule has 1 saturated carbocycles. The largest absolute Gasteiger partial charge is 0.497 e. The highest BCUT2D eigenvalue weighted by atomic mass is 32.2. The first-order chi connectivity index (χ1) is 23.2. The van der Waals surface area contributed by atoms with Gasteiger partial charge in [-0.25, -0.2) is 8.42 Å². The summed E-state index contributed by atoms with van der Waals surface area (Å²) in [5, 5.41) is 3.25. The summed E-state index contributed by atoms with van der Waals surface area (Å²) in [5.74, 6) is -0.115. The van der Waals surface area contributed by atoms with Crippen LogP contribution in [0.4, 0.5) is 5.69 Å². The molecule has 9 heteroatoms. The fraction of sp³-hybridized carbons (Fsp3) is 0.333. The van der Waals surface area contributed by atoms with Gasteiger partial charge in [0.05, 0.1) is 17.7 Å². The van der Waals surface area contributed by atoms with E-state index in [1.807, 2.05) is 74.5 Å². The zero-order valence-corrected chi connectivity index (χ0v) is 28.8. The van der Waals surface area contributed by atoms with Crippen molar-refractivity contribution in [3.05, 3.63) is 125 Å². The number of rotatable bonds is 13. The molecule has 0 unspecified atom stereocenters. The lowest BCUT2D eigenvalue weighted by Crippen LogP contribution is -2.55. The zero-order valence-electron chi connectivity index (χ0n) is 28.0. The summed E-state index contributed by atoms with van der Waals surface area (Å²) in [6.07, 6.45) is 5.29. The second-order valence-electron chi connectivity index (χ2n) is 12.5. The maximum Gasteiger partial charge on any atom is 0.264 e. The number of amides is 2. The van der Waals surface area contributed by atoms with Crippen LogP contribution >= 0.6 is 0 Å². The first kappa shape index (κ1) is 34.7. The van der Waals surface area contributed by atoms with E-state index in [4.69, 9.17) is 4.74 Å². The highest BCUT2D eigenvalue weighted by Crippen LogP contribution is 2.27. The standard InChI is InChI=1S/C39H45N3O5S/c1-29-22-23-34(24-30(29)2)42(48(45,46)36-20-11-6-12-21-36)28-38(43)41(27-32-16-13-19-35(25-32)47-3)37(26-31-14-7-4-8-15-31)39(44)40-33-17-9-5-10-18-33/h4,6-8,11-16,19-25,33,37H,5,9-10,17-18,26-28H2,1-3H3,(H,40,44)/t37-/m0/s1. The molecule has 0 bridgehead atoms. The number of carbonyl (C=O) groups excluding carboxylic acids is 2. The van der Waals surface area contributed by atoms with Gasteiger partial charge in [-0.2, -0.15) is 0 Å². The fourth-order valence-corrected chi connectivity index (χ4v) is 7.62. The van der Waals surface area contributed by atoms with Crippen LogP contribution in [-0.4, -0.2) is 50.9 Å². The predicted octanol–water partition coefficient (Wildman–Crippen LogP) is 6.60. The van der Waals surface area contributed by atoms with Gasteiger partial charge in [-0.05, 0) is 85.3 Å². The number of ether oxygens (including phenoxy) is 1. The van der Waals surface area contributed by atoms with E-state index in [1.165, 1.54) is 17.0 Å². The Kier molecular flexibility index (Phi) is 11.5. The number of methoxy groups -OCH3 is 1. The van der Waals surface area contributed by atoms with Crippen molar-refractivity contribution in [1.82, 2.24) is 10.2 Å². The molecule has 4 aromatic carbocycles. The Morgan fingerprint density at radius 3 is 2.15 bits per heavy atom. The number of aryl methyl sites for hydroxylation is 2. The minimum absolute atomic E-state index is 0.0313. The number of benzene rings is 4. The minimum atomic E-state index is -4.16. The number of sulfonamides is 1. The third kappa shape index (κ3) is 8.63. The SMILES string of the molecule is COc1cccc(CN(C(=O)CN(c2ccc(C)c(C)c2)S(=O)(=O)c2ccccc2)[C@@H](Cc2ccccc2)C(=O)NC2CCCCC2)c1. The summed E-state index contributed by atoms with van der Waals surface area (Å²) in [6.45, 7) is 3.45. The number of hydrogen-bond donors (Lipinski definition) is 1. The van der Waals surface area contributed by atoms with Crippen LogP contribution in [0.25, 0.3) is 0 Å². The first-order valence-electron chi connectivity index (χ1n) is 16.6. The summed E-state index contributed by atoms with van der Waals surface area (Å²) in [4.78, 5) is 30.6. The van der Waals surface area contributed by atoms with Crippen molar-refractivity contribution in [3.63, 3.8) is 0 Å². The van der Waals surface area contributed by atoms with Crippen LogP contribution in [0, 0.1) is 13.8 Å². The van der Waals surface area contributed by atoms with E-state index in [0.717, 1.165) is 58.7 Å². The molecule has 0 heterocycles. The van der Waals surface area contributed by atoms with E-state index in [-0.39, 0.29) is 29.8 Å². The summed E-state index contributed by atoms with van der Waals surface area (Å²) < 4.78 is 35.1. The molecule has 0 saturated heterocycles. The third-order valence-corrected chi connectivity index (χ3v) is 10.9. The Hall–Kier alpha value is -4.63. The van der Waals surface area contributed by atoms with Crippen LogP contribution in [0.5, 0.6) is 5.75 Å². The van der Waals surface area contributed by atoms with Crippen molar-refractivity contribution in [2.24, 2.45) is 0 Å². The highest BCUT2D eigenvalue weighted by Gasteiger charge is 2.35. The van der Waals surface area contributed by atoms with E-state index in [9.17, 15) is 18.0 Å². The predicted molar refractivity (Wildman–Crippen MR) is 189 cm³/mol. The summed E-state index contributed by atoms with van der Waals surface area (Å²) >= 11 is 0. The Morgan fingerprint density at radius 1 is 0.812 bits per heavy atom. The molecule has 1 N–H and O–H groups in total. The lowest BCUT2D eigenvalue weighted by atomic mass is 9.94. The molecule has 0 radical (unpaired) electrons. The van der Waals surface area contributed by atoms with Gasteiger partial charge in [-0.1, -0.05) is 86.0 Å². The average molecular weight is 668 g/mol. The molecule has 1 fully saturated rings. The molecule has 2 amide bonds. The second-order valence-corrected chi connectivity index (χ2v) is 14.4. The van der Waals surface area contributed by atoms with E-state index in [2.05, 4.69) is 5.32 Å². The average Bonchev–Trinajstić information content (AvgIpc) is 3.11. The molecular formula is C39H45N3O5S. The number of nitrogens with zero attached hydrogens (tertiary/aromatic N) is 2. The molecular weight excluding hydrogens is 623 g/mol. The molecule has 4 aromatic rings. The van der Waals surface area contributed by atoms with E-state index >= 15 is 0 Å². The van der Waals surface area contributed by atoms with E-state index in [1.54, 1.807) is 37.4 Å². The molecule has 1 atom stereocenters. The number of carbonyl (C=O) groups is 2. The monoisotopic (exact) mass is 667 g/mol. The second kappa shape index (κ2) is 16.0. The Balaban J connectivity index is 1.58. The zero-order chi connectivity index (χ0) is 34.1. The van der Waals surface area contributed by atoms with Crippen molar-refractivity contribution in [2.45, 2.75) is 75.9 Å². The van der Waals surface area contributed by atoms with Crippen molar-refractivity contribution in [3.8, 4) is 5.75 Å². The molecule has 0 spiro atoms. The smallest absolute Gasteiger partial charge is 0.264 e. The maximum atomic E-state index is 14.8. The maximum absolute atomic E-state index is 14.8. The Bertz CT molecular complexity index is 1790. The summed E-state index contributed by atoms with van der Waals surface area (Å²) in [5.41, 5.74) is 3.93. The van der Waals surface area contributed by atoms with Crippen molar-refractivity contribution in [1.29, 1.82) is 0 Å². The van der Waals surface area contributed by atoms with Gasteiger partial charge >= 0.3 is 0 Å². The van der Waals surface area contributed by atoms with Gasteiger partial charge in [-0.3, -0.25) is 13.9 Å². The lowest BCUT2D eigenvalue weighted by molar-refractivity contribution is -0.140. The van der Waals surface area contributed by atoms with Gasteiger partial charge in [0.15, 0.2) is 0 Å². The molecule has 1 aliphatic rings. The van der Waals surface area contributed by atoms with Crippen molar-refractivity contribution >= 4 is 27.5 Å². The number of hydrogen-bond acceptors (Lipinski definition) is 5. The lowest BCUT2D eigenvalue weighted by Gasteiger charge is -2.35. The van der Waals surface area contributed by atoms with E-state index < -0.39 is 28.5 Å². The normalized spacial score (nSPS) is 14.1. The first-order valence-corrected chi connectivity index (χ1v) is 18.0. The van der Waals surface area contributed by atoms with Crippen LogP contribution in [0.3, 0.4) is 0 Å². The quantitative estimate of drug-likeness (QED) is 0.174. The molecule has 8 nitrogen and oxygen atoms in total. The van der Waals surface area contributed by atoms with Crippen molar-refractivity contribution in [2.75, 3.05) is 18.0 Å². The van der Waals surface area contributed by atoms with Gasteiger partial charge in [0.25, 0.3) is 10.0 Å².